The van der Waals surface area contributed by atoms with E-state index in [0.29, 0.717) is 10.9 Å². The number of amides is 1. The van der Waals surface area contributed by atoms with Crippen LogP contribution in [-0.4, -0.2) is 27.7 Å². The highest BCUT2D eigenvalue weighted by atomic mass is 32.2. The van der Waals surface area contributed by atoms with Crippen molar-refractivity contribution in [2.75, 3.05) is 5.75 Å². The van der Waals surface area contributed by atoms with Crippen molar-refractivity contribution in [3.05, 3.63) is 36.3 Å². The second-order valence-corrected chi connectivity index (χ2v) is 5.94. The van der Waals surface area contributed by atoms with Crippen LogP contribution in [0.3, 0.4) is 0 Å². The summed E-state index contributed by atoms with van der Waals surface area (Å²) in [4.78, 5) is 19.2. The lowest BCUT2D eigenvalue weighted by atomic mass is 10.2. The predicted octanol–water partition coefficient (Wildman–Crippen LogP) is 3.61. The molecule has 0 unspecified atom stereocenters. The van der Waals surface area contributed by atoms with E-state index in [1.54, 1.807) is 18.3 Å². The third-order valence-corrected chi connectivity index (χ3v) is 4.29. The Balaban J connectivity index is 1.89. The van der Waals surface area contributed by atoms with Crippen LogP contribution < -0.4 is 5.32 Å². The van der Waals surface area contributed by atoms with Gasteiger partial charge in [-0.2, -0.15) is 0 Å². The molecule has 2 N–H and O–H groups in total. The SMILES string of the molecule is CCC(CC)NC(=O)CSc1ncc(-c2ccc(F)cc2)[nH]1. The van der Waals surface area contributed by atoms with Crippen molar-refractivity contribution in [3.8, 4) is 11.3 Å². The van der Waals surface area contributed by atoms with Crippen molar-refractivity contribution >= 4 is 17.7 Å². The third kappa shape index (κ3) is 4.59. The highest BCUT2D eigenvalue weighted by molar-refractivity contribution is 7.99. The van der Waals surface area contributed by atoms with Gasteiger partial charge < -0.3 is 10.3 Å². The van der Waals surface area contributed by atoms with Crippen LogP contribution in [0, 0.1) is 5.82 Å². The Morgan fingerprint density at radius 3 is 2.64 bits per heavy atom. The van der Waals surface area contributed by atoms with Crippen LogP contribution >= 0.6 is 11.8 Å². The zero-order valence-electron chi connectivity index (χ0n) is 12.7. The minimum absolute atomic E-state index is 0.0124. The molecule has 1 heterocycles. The summed E-state index contributed by atoms with van der Waals surface area (Å²) in [6.45, 7) is 4.12. The Bertz CT molecular complexity index is 608. The summed E-state index contributed by atoms with van der Waals surface area (Å²) < 4.78 is 12.9. The van der Waals surface area contributed by atoms with Gasteiger partial charge in [-0.15, -0.1) is 0 Å². The number of benzene rings is 1. The topological polar surface area (TPSA) is 57.8 Å². The summed E-state index contributed by atoms with van der Waals surface area (Å²) in [6.07, 6.45) is 3.55. The molecule has 1 amide bonds. The molecule has 0 aliphatic heterocycles. The average Bonchev–Trinajstić information content (AvgIpc) is 3.00. The number of hydrogen-bond acceptors (Lipinski definition) is 3. The molecule has 118 valence electrons. The lowest BCUT2D eigenvalue weighted by Gasteiger charge is -2.13. The molecule has 2 rings (SSSR count). The molecule has 22 heavy (non-hydrogen) atoms. The number of imidazole rings is 1. The number of carbonyl (C=O) groups excluding carboxylic acids is 1. The Labute approximate surface area is 133 Å². The summed E-state index contributed by atoms with van der Waals surface area (Å²) in [6, 6.07) is 6.44. The smallest absolute Gasteiger partial charge is 0.230 e. The standard InChI is InChI=1S/C16H20FN3OS/c1-3-13(4-2)19-15(21)10-22-16-18-9-14(20-16)11-5-7-12(17)8-6-11/h5-9,13H,3-4,10H2,1-2H3,(H,18,20)(H,19,21). The van der Waals surface area contributed by atoms with E-state index in [9.17, 15) is 9.18 Å². The molecule has 0 aliphatic rings. The number of thioether (sulfide) groups is 1. The van der Waals surface area contributed by atoms with Gasteiger partial charge in [0.15, 0.2) is 5.16 Å². The first-order valence-corrected chi connectivity index (χ1v) is 8.34. The molecule has 0 saturated heterocycles. The van der Waals surface area contributed by atoms with Gasteiger partial charge in [-0.3, -0.25) is 4.79 Å². The minimum atomic E-state index is -0.268. The number of aromatic amines is 1. The van der Waals surface area contributed by atoms with Crippen molar-refractivity contribution < 1.29 is 9.18 Å². The fourth-order valence-electron chi connectivity index (χ4n) is 2.05. The lowest BCUT2D eigenvalue weighted by Crippen LogP contribution is -2.35. The van der Waals surface area contributed by atoms with Crippen LogP contribution in [0.5, 0.6) is 0 Å². The van der Waals surface area contributed by atoms with Gasteiger partial charge in [0, 0.05) is 6.04 Å². The molecule has 0 radical (unpaired) electrons. The molecule has 1 aromatic heterocycles. The molecule has 2 aromatic rings. The van der Waals surface area contributed by atoms with Gasteiger partial charge in [0.2, 0.25) is 5.91 Å². The van der Waals surface area contributed by atoms with E-state index in [2.05, 4.69) is 29.1 Å². The van der Waals surface area contributed by atoms with Crippen LogP contribution in [0.4, 0.5) is 4.39 Å². The molecule has 0 aliphatic carbocycles. The Morgan fingerprint density at radius 1 is 1.32 bits per heavy atom. The van der Waals surface area contributed by atoms with E-state index < -0.39 is 0 Å². The number of halogens is 1. The van der Waals surface area contributed by atoms with Gasteiger partial charge in [0.1, 0.15) is 5.82 Å². The molecular formula is C16H20FN3OS. The maximum atomic E-state index is 12.9. The number of carbonyl (C=O) groups is 1. The van der Waals surface area contributed by atoms with Gasteiger partial charge in [0.25, 0.3) is 0 Å². The number of rotatable bonds is 7. The number of hydrogen-bond donors (Lipinski definition) is 2. The van der Waals surface area contributed by atoms with Crippen molar-refractivity contribution in [1.29, 1.82) is 0 Å². The first-order valence-electron chi connectivity index (χ1n) is 7.35. The predicted molar refractivity (Wildman–Crippen MR) is 87.2 cm³/mol. The van der Waals surface area contributed by atoms with E-state index in [1.807, 2.05) is 0 Å². The van der Waals surface area contributed by atoms with Crippen LogP contribution in [0.1, 0.15) is 26.7 Å². The summed E-state index contributed by atoms with van der Waals surface area (Å²) in [5.74, 6) is 0.0710. The average molecular weight is 321 g/mol. The van der Waals surface area contributed by atoms with Gasteiger partial charge in [0.05, 0.1) is 17.6 Å². The van der Waals surface area contributed by atoms with Crippen molar-refractivity contribution in [2.45, 2.75) is 37.9 Å². The number of nitrogens with zero attached hydrogens (tertiary/aromatic N) is 1. The molecular weight excluding hydrogens is 301 g/mol. The van der Waals surface area contributed by atoms with Crippen molar-refractivity contribution in [2.24, 2.45) is 0 Å². The third-order valence-electron chi connectivity index (χ3n) is 3.40. The lowest BCUT2D eigenvalue weighted by molar-refractivity contribution is -0.119. The maximum Gasteiger partial charge on any atom is 0.230 e. The molecule has 1 aromatic carbocycles. The van der Waals surface area contributed by atoms with E-state index >= 15 is 0 Å². The second kappa shape index (κ2) is 7.98. The quantitative estimate of drug-likeness (QED) is 0.766. The second-order valence-electron chi connectivity index (χ2n) is 4.98. The number of aromatic nitrogens is 2. The first kappa shape index (κ1) is 16.5. The molecule has 0 spiro atoms. The Kier molecular flexibility index (Phi) is 6.00. The van der Waals surface area contributed by atoms with Gasteiger partial charge in [-0.1, -0.05) is 25.6 Å². The number of H-pyrrole nitrogens is 1. The maximum absolute atomic E-state index is 12.9. The molecule has 0 atom stereocenters. The zero-order chi connectivity index (χ0) is 15.9. The fourth-order valence-corrected chi connectivity index (χ4v) is 2.71. The van der Waals surface area contributed by atoms with E-state index in [4.69, 9.17) is 0 Å². The highest BCUT2D eigenvalue weighted by Gasteiger charge is 2.10. The van der Waals surface area contributed by atoms with Gasteiger partial charge in [-0.25, -0.2) is 9.37 Å². The largest absolute Gasteiger partial charge is 0.353 e. The van der Waals surface area contributed by atoms with Gasteiger partial charge in [-0.05, 0) is 42.7 Å². The van der Waals surface area contributed by atoms with E-state index in [1.165, 1.54) is 23.9 Å². The number of nitrogens with one attached hydrogen (secondary N) is 2. The Hall–Kier alpha value is -1.82. The summed E-state index contributed by atoms with van der Waals surface area (Å²) in [5, 5.41) is 3.67. The summed E-state index contributed by atoms with van der Waals surface area (Å²) >= 11 is 1.36. The van der Waals surface area contributed by atoms with E-state index in [0.717, 1.165) is 24.1 Å². The normalized spacial score (nSPS) is 10.9. The van der Waals surface area contributed by atoms with Crippen LogP contribution in [-0.2, 0) is 4.79 Å². The zero-order valence-corrected chi connectivity index (χ0v) is 13.5. The van der Waals surface area contributed by atoms with Crippen LogP contribution in [0.2, 0.25) is 0 Å². The molecule has 0 saturated carbocycles. The monoisotopic (exact) mass is 321 g/mol. The summed E-state index contributed by atoms with van der Waals surface area (Å²) in [5.41, 5.74) is 1.67. The van der Waals surface area contributed by atoms with E-state index in [-0.39, 0.29) is 17.8 Å². The molecule has 0 bridgehead atoms. The first-order chi connectivity index (χ1) is 10.6. The van der Waals surface area contributed by atoms with Crippen molar-refractivity contribution in [3.63, 3.8) is 0 Å². The summed E-state index contributed by atoms with van der Waals surface area (Å²) in [7, 11) is 0. The van der Waals surface area contributed by atoms with Crippen LogP contribution in [0.15, 0.2) is 35.6 Å². The minimum Gasteiger partial charge on any atom is -0.353 e. The molecule has 4 nitrogen and oxygen atoms in total. The van der Waals surface area contributed by atoms with Gasteiger partial charge >= 0.3 is 0 Å². The molecule has 6 heteroatoms. The van der Waals surface area contributed by atoms with Crippen LogP contribution in [0.25, 0.3) is 11.3 Å². The highest BCUT2D eigenvalue weighted by Crippen LogP contribution is 2.21. The Morgan fingerprint density at radius 2 is 2.00 bits per heavy atom. The fraction of sp³-hybridized carbons (Fsp3) is 0.375. The molecule has 0 fully saturated rings. The van der Waals surface area contributed by atoms with Crippen molar-refractivity contribution in [1.82, 2.24) is 15.3 Å².